The molecule has 3 aliphatic rings. The summed E-state index contributed by atoms with van der Waals surface area (Å²) in [5.74, 6) is 1.30. The second-order valence-electron chi connectivity index (χ2n) is 6.32. The highest BCUT2D eigenvalue weighted by atomic mass is 33.1. The van der Waals surface area contributed by atoms with Gasteiger partial charge in [-0.2, -0.15) is 0 Å². The Labute approximate surface area is 160 Å². The molecule has 3 aliphatic heterocycles. The average Bonchev–Trinajstić information content (AvgIpc) is 2.79. The summed E-state index contributed by atoms with van der Waals surface area (Å²) in [6, 6.07) is 3.09. The molecule has 3 atom stereocenters. The van der Waals surface area contributed by atoms with Gasteiger partial charge in [0.15, 0.2) is 16.4 Å². The van der Waals surface area contributed by atoms with Gasteiger partial charge in [0.25, 0.3) is 5.91 Å². The fourth-order valence-electron chi connectivity index (χ4n) is 3.25. The highest BCUT2D eigenvalue weighted by molar-refractivity contribution is 8.77. The lowest BCUT2D eigenvalue weighted by molar-refractivity contribution is -0.150. The molecule has 3 saturated heterocycles. The maximum Gasteiger partial charge on any atom is 0.260 e. The van der Waals surface area contributed by atoms with E-state index in [2.05, 4.69) is 5.32 Å². The van der Waals surface area contributed by atoms with Gasteiger partial charge in [0.05, 0.1) is 21.3 Å². The Morgan fingerprint density at radius 1 is 1.15 bits per heavy atom. The third kappa shape index (κ3) is 3.07. The monoisotopic (exact) mass is 398 g/mol. The molecule has 7 nitrogen and oxygen atoms in total. The van der Waals surface area contributed by atoms with E-state index in [0.717, 1.165) is 5.56 Å². The first-order valence-electron chi connectivity index (χ1n) is 8.11. The minimum absolute atomic E-state index is 0.0182. The van der Waals surface area contributed by atoms with Crippen molar-refractivity contribution in [3.8, 4) is 17.2 Å². The molecule has 0 spiro atoms. The van der Waals surface area contributed by atoms with Gasteiger partial charge in [-0.15, -0.1) is 0 Å². The molecule has 0 saturated carbocycles. The molecule has 0 aromatic heterocycles. The Bertz CT molecular complexity index is 719. The molecule has 3 heterocycles. The van der Waals surface area contributed by atoms with Crippen LogP contribution in [-0.2, 0) is 16.1 Å². The Kier molecular flexibility index (Phi) is 5.21. The molecule has 3 fully saturated rings. The molecule has 1 N–H and O–H groups in total. The van der Waals surface area contributed by atoms with Crippen LogP contribution in [0.15, 0.2) is 12.1 Å². The minimum atomic E-state index is -0.955. The van der Waals surface area contributed by atoms with Crippen molar-refractivity contribution in [3.05, 3.63) is 17.7 Å². The highest BCUT2D eigenvalue weighted by Gasteiger charge is 2.54. The molecule has 2 amide bonds. The van der Waals surface area contributed by atoms with Crippen LogP contribution < -0.4 is 19.5 Å². The van der Waals surface area contributed by atoms with Gasteiger partial charge in [0.2, 0.25) is 11.7 Å². The van der Waals surface area contributed by atoms with Gasteiger partial charge in [-0.1, -0.05) is 21.6 Å². The van der Waals surface area contributed by atoms with E-state index >= 15 is 0 Å². The van der Waals surface area contributed by atoms with Crippen molar-refractivity contribution >= 4 is 33.4 Å². The number of carbonyl (C=O) groups excluding carboxylic acids is 2. The van der Waals surface area contributed by atoms with Crippen LogP contribution in [0, 0.1) is 0 Å². The normalized spacial score (nSPS) is 27.8. The number of hydrogen-bond acceptors (Lipinski definition) is 7. The van der Waals surface area contributed by atoms with E-state index in [-0.39, 0.29) is 23.6 Å². The Hall–Kier alpha value is -1.74. The Balaban J connectivity index is 1.99. The first kappa shape index (κ1) is 19.0. The fourth-order valence-corrected chi connectivity index (χ4v) is 5.98. The van der Waals surface area contributed by atoms with Crippen LogP contribution in [0.1, 0.15) is 19.4 Å². The molecule has 2 bridgehead atoms. The second kappa shape index (κ2) is 7.11. The largest absolute Gasteiger partial charge is 0.493 e. The van der Waals surface area contributed by atoms with E-state index in [1.807, 2.05) is 6.92 Å². The van der Waals surface area contributed by atoms with Gasteiger partial charge in [-0.25, -0.2) is 0 Å². The third-order valence-electron chi connectivity index (χ3n) is 4.52. The number of rotatable bonds is 5. The number of ether oxygens (including phenoxy) is 3. The molecule has 0 radical (unpaired) electrons. The molecule has 26 heavy (non-hydrogen) atoms. The van der Waals surface area contributed by atoms with Crippen LogP contribution in [-0.4, -0.2) is 54.2 Å². The number of methoxy groups -OCH3 is 3. The number of piperazine rings is 1. The van der Waals surface area contributed by atoms with Gasteiger partial charge in [-0.05, 0) is 31.5 Å². The fraction of sp³-hybridized carbons (Fsp3) is 0.529. The molecular weight excluding hydrogens is 376 g/mol. The lowest BCUT2D eigenvalue weighted by atomic mass is 10.0. The lowest BCUT2D eigenvalue weighted by Gasteiger charge is -2.41. The van der Waals surface area contributed by atoms with Crippen LogP contribution >= 0.6 is 21.6 Å². The van der Waals surface area contributed by atoms with E-state index in [1.54, 1.807) is 56.1 Å². The Morgan fingerprint density at radius 2 is 1.77 bits per heavy atom. The van der Waals surface area contributed by atoms with Crippen LogP contribution in [0.2, 0.25) is 0 Å². The van der Waals surface area contributed by atoms with E-state index < -0.39 is 10.9 Å². The van der Waals surface area contributed by atoms with Gasteiger partial charge >= 0.3 is 0 Å². The number of fused-ring (bicyclic) bond motifs is 4. The summed E-state index contributed by atoms with van der Waals surface area (Å²) >= 11 is 0. The molecule has 1 aromatic carbocycles. The summed E-state index contributed by atoms with van der Waals surface area (Å²) in [7, 11) is 7.60. The Morgan fingerprint density at radius 3 is 2.31 bits per heavy atom. The van der Waals surface area contributed by atoms with Crippen molar-refractivity contribution in [2.45, 2.75) is 36.6 Å². The zero-order valence-corrected chi connectivity index (χ0v) is 17.0. The summed E-state index contributed by atoms with van der Waals surface area (Å²) in [6.45, 7) is 4.00. The van der Waals surface area contributed by atoms with E-state index in [1.165, 1.54) is 10.8 Å². The lowest BCUT2D eigenvalue weighted by Crippen LogP contribution is -2.67. The van der Waals surface area contributed by atoms with E-state index in [4.69, 9.17) is 14.2 Å². The van der Waals surface area contributed by atoms with E-state index in [9.17, 15) is 9.59 Å². The summed E-state index contributed by atoms with van der Waals surface area (Å²) < 4.78 is 16.1. The number of hydrogen-bond donors (Lipinski definition) is 1. The predicted molar refractivity (Wildman–Crippen MR) is 102 cm³/mol. The quantitative estimate of drug-likeness (QED) is 0.761. The van der Waals surface area contributed by atoms with Gasteiger partial charge in [0.1, 0.15) is 6.04 Å². The van der Waals surface area contributed by atoms with Crippen LogP contribution in [0.4, 0.5) is 0 Å². The smallest absolute Gasteiger partial charge is 0.260 e. The summed E-state index contributed by atoms with van der Waals surface area (Å²) in [4.78, 5) is 26.3. The number of benzene rings is 1. The second-order valence-corrected chi connectivity index (χ2v) is 9.32. The van der Waals surface area contributed by atoms with Gasteiger partial charge < -0.3 is 24.4 Å². The van der Waals surface area contributed by atoms with Gasteiger partial charge in [0, 0.05) is 11.8 Å². The number of nitrogens with zero attached hydrogens (tertiary/aromatic N) is 1. The summed E-state index contributed by atoms with van der Waals surface area (Å²) in [5, 5.41) is 2.84. The molecule has 142 valence electrons. The maximum atomic E-state index is 13.0. The van der Waals surface area contributed by atoms with Crippen LogP contribution in [0.5, 0.6) is 17.2 Å². The first-order valence-corrected chi connectivity index (χ1v) is 10.3. The van der Waals surface area contributed by atoms with Crippen molar-refractivity contribution in [1.82, 2.24) is 10.2 Å². The molecular formula is C17H22N2O5S2. The van der Waals surface area contributed by atoms with Crippen molar-refractivity contribution in [3.63, 3.8) is 0 Å². The maximum absolute atomic E-state index is 13.0. The standard InChI is InChI=1S/C17H22N2O5S2/c1-9-13-15(20)18-17(2,26-25-9)16(21)19(13)8-10-6-11(22-3)14(24-5)12(7-10)23-4/h6-7,9,13H,8H2,1-5H3,(H,18,20). The third-order valence-corrected chi connectivity index (χ3v) is 7.99. The summed E-state index contributed by atoms with van der Waals surface area (Å²) in [5.41, 5.74) is 0.805. The van der Waals surface area contributed by atoms with Gasteiger partial charge in [-0.3, -0.25) is 9.59 Å². The highest BCUT2D eigenvalue weighted by Crippen LogP contribution is 2.47. The van der Waals surface area contributed by atoms with Crippen molar-refractivity contribution in [2.24, 2.45) is 0 Å². The molecule has 1 aromatic rings. The zero-order chi connectivity index (χ0) is 19.1. The summed E-state index contributed by atoms with van der Waals surface area (Å²) in [6.07, 6.45) is 0. The minimum Gasteiger partial charge on any atom is -0.493 e. The SMILES string of the molecule is COc1cc(CN2C(=O)C3(C)NC(=O)C2C(C)SS3)cc(OC)c1OC. The average molecular weight is 399 g/mol. The zero-order valence-electron chi connectivity index (χ0n) is 15.3. The topological polar surface area (TPSA) is 77.1 Å². The van der Waals surface area contributed by atoms with Crippen molar-refractivity contribution in [2.75, 3.05) is 21.3 Å². The molecule has 9 heteroatoms. The number of carbonyl (C=O) groups is 2. The van der Waals surface area contributed by atoms with Crippen LogP contribution in [0.25, 0.3) is 0 Å². The molecule has 3 unspecified atom stereocenters. The predicted octanol–water partition coefficient (Wildman–Crippen LogP) is 2.04. The molecule has 4 rings (SSSR count). The van der Waals surface area contributed by atoms with Crippen molar-refractivity contribution < 1.29 is 23.8 Å². The number of nitrogens with one attached hydrogen (secondary N) is 1. The van der Waals surface area contributed by atoms with Crippen molar-refractivity contribution in [1.29, 1.82) is 0 Å². The number of amides is 2. The first-order chi connectivity index (χ1) is 12.3. The van der Waals surface area contributed by atoms with Crippen LogP contribution in [0.3, 0.4) is 0 Å². The molecule has 0 aliphatic carbocycles. The van der Waals surface area contributed by atoms with E-state index in [0.29, 0.717) is 17.2 Å².